The maximum Gasteiger partial charge on any atom is 0.0860 e. The van der Waals surface area contributed by atoms with E-state index in [4.69, 9.17) is 4.74 Å². The van der Waals surface area contributed by atoms with Crippen molar-refractivity contribution in [2.24, 2.45) is 13.0 Å². The van der Waals surface area contributed by atoms with Crippen LogP contribution in [-0.2, 0) is 18.2 Å². The van der Waals surface area contributed by atoms with Crippen LogP contribution < -0.4 is 0 Å². The molecular weight excluding hydrogens is 206 g/mol. The molecule has 0 spiro atoms. The van der Waals surface area contributed by atoms with Crippen LogP contribution in [0.1, 0.15) is 26.5 Å². The Hall–Kier alpha value is -0.940. The van der Waals surface area contributed by atoms with Crippen LogP contribution in [0.3, 0.4) is 0 Å². The SMILES string of the molecule is CCOC(C(C)C)C(O)Cc1cn(C)nn1. The number of aromatic nitrogens is 3. The Morgan fingerprint density at radius 1 is 1.50 bits per heavy atom. The first-order valence-corrected chi connectivity index (χ1v) is 5.69. The largest absolute Gasteiger partial charge is 0.390 e. The smallest absolute Gasteiger partial charge is 0.0860 e. The van der Waals surface area contributed by atoms with Gasteiger partial charge in [-0.15, -0.1) is 5.10 Å². The van der Waals surface area contributed by atoms with E-state index in [1.54, 1.807) is 4.68 Å². The third-order valence-electron chi connectivity index (χ3n) is 2.46. The van der Waals surface area contributed by atoms with Crippen molar-refractivity contribution in [2.75, 3.05) is 6.61 Å². The second-order valence-electron chi connectivity index (χ2n) is 4.32. The van der Waals surface area contributed by atoms with Gasteiger partial charge in [-0.25, -0.2) is 0 Å². The normalized spacial score (nSPS) is 15.4. The first-order chi connectivity index (χ1) is 7.54. The van der Waals surface area contributed by atoms with E-state index in [2.05, 4.69) is 10.3 Å². The van der Waals surface area contributed by atoms with Crippen LogP contribution in [0.4, 0.5) is 0 Å². The molecule has 0 aliphatic rings. The fourth-order valence-corrected chi connectivity index (χ4v) is 1.76. The summed E-state index contributed by atoms with van der Waals surface area (Å²) in [6.45, 7) is 6.63. The highest BCUT2D eigenvalue weighted by Crippen LogP contribution is 2.14. The predicted molar refractivity (Wildman–Crippen MR) is 61.0 cm³/mol. The minimum absolute atomic E-state index is 0.146. The summed E-state index contributed by atoms with van der Waals surface area (Å²) in [6, 6.07) is 0. The van der Waals surface area contributed by atoms with Crippen molar-refractivity contribution in [2.45, 2.75) is 39.4 Å². The molecule has 5 heteroatoms. The Balaban J connectivity index is 2.57. The number of rotatable bonds is 6. The molecule has 2 atom stereocenters. The number of aliphatic hydroxyl groups is 1. The lowest BCUT2D eigenvalue weighted by Gasteiger charge is -2.25. The topological polar surface area (TPSA) is 60.2 Å². The highest BCUT2D eigenvalue weighted by Gasteiger charge is 2.24. The second kappa shape index (κ2) is 5.96. The van der Waals surface area contributed by atoms with E-state index in [9.17, 15) is 5.11 Å². The highest BCUT2D eigenvalue weighted by molar-refractivity contribution is 4.95. The summed E-state index contributed by atoms with van der Waals surface area (Å²) in [6.07, 6.45) is 1.62. The zero-order valence-electron chi connectivity index (χ0n) is 10.4. The van der Waals surface area contributed by atoms with E-state index >= 15 is 0 Å². The van der Waals surface area contributed by atoms with Gasteiger partial charge in [-0.2, -0.15) is 0 Å². The van der Waals surface area contributed by atoms with Crippen molar-refractivity contribution in [3.63, 3.8) is 0 Å². The lowest BCUT2D eigenvalue weighted by atomic mass is 9.98. The molecule has 0 aromatic carbocycles. The molecular formula is C11H21N3O2. The van der Waals surface area contributed by atoms with Crippen LogP contribution in [0.25, 0.3) is 0 Å². The fourth-order valence-electron chi connectivity index (χ4n) is 1.76. The van der Waals surface area contributed by atoms with Crippen molar-refractivity contribution in [1.29, 1.82) is 0 Å². The van der Waals surface area contributed by atoms with Crippen LogP contribution in [0.15, 0.2) is 6.20 Å². The molecule has 16 heavy (non-hydrogen) atoms. The summed E-state index contributed by atoms with van der Waals surface area (Å²) in [5, 5.41) is 17.9. The van der Waals surface area contributed by atoms with Gasteiger partial charge in [-0.3, -0.25) is 4.68 Å². The minimum Gasteiger partial charge on any atom is -0.390 e. The van der Waals surface area contributed by atoms with Gasteiger partial charge < -0.3 is 9.84 Å². The van der Waals surface area contributed by atoms with E-state index in [0.717, 1.165) is 5.69 Å². The third kappa shape index (κ3) is 3.57. The van der Waals surface area contributed by atoms with E-state index < -0.39 is 6.10 Å². The van der Waals surface area contributed by atoms with E-state index in [1.807, 2.05) is 34.0 Å². The van der Waals surface area contributed by atoms with Crippen LogP contribution in [-0.4, -0.2) is 38.9 Å². The Labute approximate surface area is 96.4 Å². The molecule has 1 aromatic heterocycles. The highest BCUT2D eigenvalue weighted by atomic mass is 16.5. The van der Waals surface area contributed by atoms with Crippen molar-refractivity contribution >= 4 is 0 Å². The lowest BCUT2D eigenvalue weighted by Crippen LogP contribution is -2.35. The molecule has 2 unspecified atom stereocenters. The summed E-state index contributed by atoms with van der Waals surface area (Å²) in [7, 11) is 1.81. The number of aryl methyl sites for hydroxylation is 1. The summed E-state index contributed by atoms with van der Waals surface area (Å²) in [4.78, 5) is 0. The van der Waals surface area contributed by atoms with Gasteiger partial charge >= 0.3 is 0 Å². The van der Waals surface area contributed by atoms with Gasteiger partial charge in [0.05, 0.1) is 17.9 Å². The number of ether oxygens (including phenoxy) is 1. The molecule has 1 N–H and O–H groups in total. The summed E-state index contributed by atoms with van der Waals surface area (Å²) in [5.41, 5.74) is 0.792. The van der Waals surface area contributed by atoms with Gasteiger partial charge in [0.2, 0.25) is 0 Å². The van der Waals surface area contributed by atoms with Gasteiger partial charge in [-0.05, 0) is 12.8 Å². The molecule has 0 saturated heterocycles. The predicted octanol–water partition coefficient (Wildman–Crippen LogP) is 0.780. The van der Waals surface area contributed by atoms with Crippen molar-refractivity contribution in [3.05, 3.63) is 11.9 Å². The van der Waals surface area contributed by atoms with E-state index in [1.165, 1.54) is 0 Å². The molecule has 0 radical (unpaired) electrons. The van der Waals surface area contributed by atoms with Gasteiger partial charge in [0.15, 0.2) is 0 Å². The fraction of sp³-hybridized carbons (Fsp3) is 0.818. The summed E-state index contributed by atoms with van der Waals surface area (Å²) in [5.74, 6) is 0.284. The molecule has 0 aliphatic heterocycles. The molecule has 5 nitrogen and oxygen atoms in total. The molecule has 1 aromatic rings. The van der Waals surface area contributed by atoms with Gasteiger partial charge in [0.1, 0.15) is 0 Å². The molecule has 0 fully saturated rings. The second-order valence-corrected chi connectivity index (χ2v) is 4.32. The van der Waals surface area contributed by atoms with Crippen LogP contribution in [0.2, 0.25) is 0 Å². The number of hydrogen-bond donors (Lipinski definition) is 1. The maximum atomic E-state index is 10.1. The van der Waals surface area contributed by atoms with Crippen molar-refractivity contribution < 1.29 is 9.84 Å². The summed E-state index contributed by atoms with van der Waals surface area (Å²) >= 11 is 0. The molecule has 92 valence electrons. The van der Waals surface area contributed by atoms with Gasteiger partial charge in [0.25, 0.3) is 0 Å². The van der Waals surface area contributed by atoms with E-state index in [-0.39, 0.29) is 12.0 Å². The lowest BCUT2D eigenvalue weighted by molar-refractivity contribution is -0.0565. The average Bonchev–Trinajstić information content (AvgIpc) is 2.59. The zero-order valence-corrected chi connectivity index (χ0v) is 10.4. The zero-order chi connectivity index (χ0) is 12.1. The average molecular weight is 227 g/mol. The molecule has 0 aliphatic carbocycles. The maximum absolute atomic E-state index is 10.1. The summed E-state index contributed by atoms with van der Waals surface area (Å²) < 4.78 is 7.17. The van der Waals surface area contributed by atoms with Crippen LogP contribution in [0, 0.1) is 5.92 Å². The number of nitrogens with zero attached hydrogens (tertiary/aromatic N) is 3. The molecule has 0 saturated carbocycles. The van der Waals surface area contributed by atoms with Crippen molar-refractivity contribution in [1.82, 2.24) is 15.0 Å². The van der Waals surface area contributed by atoms with Crippen LogP contribution in [0.5, 0.6) is 0 Å². The number of hydrogen-bond acceptors (Lipinski definition) is 4. The van der Waals surface area contributed by atoms with E-state index in [0.29, 0.717) is 13.0 Å². The standard InChI is InChI=1S/C11H21N3O2/c1-5-16-11(8(2)3)10(15)6-9-7-14(4)13-12-9/h7-8,10-11,15H,5-6H2,1-4H3. The van der Waals surface area contributed by atoms with Gasteiger partial charge in [-0.1, -0.05) is 19.1 Å². The van der Waals surface area contributed by atoms with Gasteiger partial charge in [0, 0.05) is 26.3 Å². The first-order valence-electron chi connectivity index (χ1n) is 5.69. The van der Waals surface area contributed by atoms with Crippen LogP contribution >= 0.6 is 0 Å². The Kier molecular flexibility index (Phi) is 4.89. The minimum atomic E-state index is -0.531. The Bertz CT molecular complexity index is 312. The Morgan fingerprint density at radius 3 is 2.62 bits per heavy atom. The Morgan fingerprint density at radius 2 is 2.19 bits per heavy atom. The monoisotopic (exact) mass is 227 g/mol. The van der Waals surface area contributed by atoms with Crippen molar-refractivity contribution in [3.8, 4) is 0 Å². The molecule has 1 heterocycles. The molecule has 0 bridgehead atoms. The molecule has 1 rings (SSSR count). The third-order valence-corrected chi connectivity index (χ3v) is 2.46. The quantitative estimate of drug-likeness (QED) is 0.780. The first kappa shape index (κ1) is 13.1. The molecule has 0 amide bonds. The number of aliphatic hydroxyl groups excluding tert-OH is 1.